The lowest BCUT2D eigenvalue weighted by Gasteiger charge is -2.43. The summed E-state index contributed by atoms with van der Waals surface area (Å²) in [5, 5.41) is 5.87. The van der Waals surface area contributed by atoms with E-state index in [9.17, 15) is 28.4 Å². The Bertz CT molecular complexity index is 3130. The normalized spacial score (nSPS) is 22.1. The number of aryl methyl sites for hydroxylation is 2. The van der Waals surface area contributed by atoms with Crippen LogP contribution in [0.5, 0.6) is 0 Å². The number of carbonyl (C=O) groups excluding carboxylic acids is 4. The van der Waals surface area contributed by atoms with Crippen molar-refractivity contribution < 1.29 is 28.0 Å². The summed E-state index contributed by atoms with van der Waals surface area (Å²) in [4.78, 5) is 80.8. The SMILES string of the molecule is CNc1cc(=O)n(-c2ccnc3c2cc([C@H](C)N2CC=C(c4c(C)cc(C(=O)N5CCC(CN6CCN(c7ccc8c(c7)C7(CC7)C(=O)N8C7CCC(=O)NC7=O)C[C@H]6C)CC5)cc4F)CC2)n3C)cc1F. The number of halogens is 2. The van der Waals surface area contributed by atoms with Crippen molar-refractivity contribution in [3.05, 3.63) is 117 Å². The number of piperazine rings is 1. The van der Waals surface area contributed by atoms with Gasteiger partial charge in [0.15, 0.2) is 5.82 Å². The van der Waals surface area contributed by atoms with Gasteiger partial charge in [-0.2, -0.15) is 0 Å². The summed E-state index contributed by atoms with van der Waals surface area (Å²) < 4.78 is 34.3. The Morgan fingerprint density at radius 3 is 2.42 bits per heavy atom. The first-order valence-corrected chi connectivity index (χ1v) is 25.5. The number of fused-ring (bicyclic) bond motifs is 3. The number of piperidine rings is 2. The summed E-state index contributed by atoms with van der Waals surface area (Å²) in [6, 6.07) is 14.0. The maximum atomic E-state index is 16.2. The van der Waals surface area contributed by atoms with Crippen molar-refractivity contribution in [2.24, 2.45) is 13.0 Å². The maximum Gasteiger partial charge on any atom is 0.257 e. The molecule has 3 aromatic heterocycles. The molecule has 11 rings (SSSR count). The number of imide groups is 1. The molecule has 376 valence electrons. The Morgan fingerprint density at radius 2 is 1.72 bits per heavy atom. The number of aromatic nitrogens is 3. The van der Waals surface area contributed by atoms with E-state index in [1.165, 1.54) is 22.9 Å². The van der Waals surface area contributed by atoms with Crippen LogP contribution in [-0.2, 0) is 26.8 Å². The van der Waals surface area contributed by atoms with E-state index in [0.29, 0.717) is 73.4 Å². The van der Waals surface area contributed by atoms with Crippen molar-refractivity contribution in [1.29, 1.82) is 0 Å². The molecular formula is C55H62F2N10O5. The zero-order valence-electron chi connectivity index (χ0n) is 41.6. The molecule has 5 aromatic rings. The fraction of sp³-hybridized carbons (Fsp3) is 0.455. The molecule has 6 aliphatic rings. The van der Waals surface area contributed by atoms with Crippen LogP contribution in [0.2, 0.25) is 0 Å². The van der Waals surface area contributed by atoms with E-state index in [1.807, 2.05) is 41.6 Å². The number of hydrogen-bond acceptors (Lipinski definition) is 10. The highest BCUT2D eigenvalue weighted by molar-refractivity contribution is 6.15. The number of nitrogens with one attached hydrogen (secondary N) is 2. The highest BCUT2D eigenvalue weighted by Crippen LogP contribution is 2.59. The number of pyridine rings is 2. The van der Waals surface area contributed by atoms with E-state index in [-0.39, 0.29) is 47.2 Å². The van der Waals surface area contributed by atoms with Gasteiger partial charge in [0.05, 0.1) is 23.0 Å². The topological polar surface area (TPSA) is 148 Å². The van der Waals surface area contributed by atoms with Gasteiger partial charge in [-0.3, -0.25) is 48.6 Å². The number of nitrogens with zero attached hydrogens (tertiary/aromatic N) is 8. The number of rotatable bonds is 10. The van der Waals surface area contributed by atoms with Gasteiger partial charge in [0.25, 0.3) is 11.5 Å². The van der Waals surface area contributed by atoms with Crippen LogP contribution in [0.1, 0.15) is 97.6 Å². The first-order chi connectivity index (χ1) is 34.6. The zero-order chi connectivity index (χ0) is 50.3. The number of hydrogen-bond donors (Lipinski definition) is 2. The van der Waals surface area contributed by atoms with E-state index in [1.54, 1.807) is 24.2 Å². The van der Waals surface area contributed by atoms with Crippen molar-refractivity contribution in [1.82, 2.24) is 34.1 Å². The second kappa shape index (κ2) is 18.4. The summed E-state index contributed by atoms with van der Waals surface area (Å²) in [5.74, 6) is -1.32. The molecule has 17 heteroatoms. The standard InChI is InChI=1S/C55H62F2N10O5/c1-32-24-37(25-41(56)50(32)36-13-20-62(21-14-36)34(3)47-27-39-44(10-17-59-51(39)61(47)5)66-31-42(57)43(58-4)28-49(66)69)53(71)63-18-11-35(12-19-63)30-64-22-23-65(29-33(64)2)38-6-7-45-40(26-38)55(15-16-55)54(72)67(45)46-8-9-48(68)60-52(46)70/h6-7,10,13,17,24-28,31,33-35,46,58H,8-9,11-12,14-16,18-23,29-30H2,1-5H3,(H,60,68,70)/t33-,34+,46?/m1/s1. The van der Waals surface area contributed by atoms with Gasteiger partial charge < -0.3 is 19.7 Å². The highest BCUT2D eigenvalue weighted by atomic mass is 19.1. The molecule has 1 aliphatic carbocycles. The third kappa shape index (κ3) is 8.17. The lowest BCUT2D eigenvalue weighted by atomic mass is 9.92. The van der Waals surface area contributed by atoms with Crippen LogP contribution >= 0.6 is 0 Å². The molecule has 2 N–H and O–H groups in total. The van der Waals surface area contributed by atoms with Crippen LogP contribution in [0, 0.1) is 24.5 Å². The molecular weight excluding hydrogens is 919 g/mol. The molecule has 8 heterocycles. The van der Waals surface area contributed by atoms with Crippen molar-refractivity contribution in [2.75, 3.05) is 74.5 Å². The zero-order valence-corrected chi connectivity index (χ0v) is 41.6. The van der Waals surface area contributed by atoms with Gasteiger partial charge in [-0.25, -0.2) is 13.8 Å². The monoisotopic (exact) mass is 980 g/mol. The lowest BCUT2D eigenvalue weighted by Crippen LogP contribution is -2.54. The van der Waals surface area contributed by atoms with Gasteiger partial charge in [0, 0.05) is 131 Å². The summed E-state index contributed by atoms with van der Waals surface area (Å²) in [6.07, 6.45) is 9.39. The largest absolute Gasteiger partial charge is 0.386 e. The van der Waals surface area contributed by atoms with Gasteiger partial charge in [-0.15, -0.1) is 0 Å². The van der Waals surface area contributed by atoms with Gasteiger partial charge in [0.1, 0.15) is 17.5 Å². The van der Waals surface area contributed by atoms with Gasteiger partial charge in [0.2, 0.25) is 17.7 Å². The van der Waals surface area contributed by atoms with E-state index in [0.717, 1.165) is 91.0 Å². The Kier molecular flexibility index (Phi) is 12.2. The van der Waals surface area contributed by atoms with Crippen LogP contribution in [0.15, 0.2) is 71.8 Å². The minimum absolute atomic E-state index is 0.0208. The number of likely N-dealkylation sites (tertiary alicyclic amines) is 1. The second-order valence-electron chi connectivity index (χ2n) is 20.9. The smallest absolute Gasteiger partial charge is 0.257 e. The van der Waals surface area contributed by atoms with Crippen molar-refractivity contribution in [2.45, 2.75) is 89.3 Å². The van der Waals surface area contributed by atoms with Gasteiger partial charge >= 0.3 is 0 Å². The minimum atomic E-state index is -0.664. The van der Waals surface area contributed by atoms with Crippen molar-refractivity contribution in [3.63, 3.8) is 0 Å². The van der Waals surface area contributed by atoms with E-state index in [2.05, 4.69) is 62.4 Å². The fourth-order valence-corrected chi connectivity index (χ4v) is 12.4. The Balaban J connectivity index is 0.688. The molecule has 2 aromatic carbocycles. The Hall–Kier alpha value is -6.72. The summed E-state index contributed by atoms with van der Waals surface area (Å²) in [6.45, 7) is 12.3. The third-order valence-corrected chi connectivity index (χ3v) is 16.7. The quantitative estimate of drug-likeness (QED) is 0.150. The highest BCUT2D eigenvalue weighted by Gasteiger charge is 2.61. The third-order valence-electron chi connectivity index (χ3n) is 16.7. The molecule has 15 nitrogen and oxygen atoms in total. The number of carbonyl (C=O) groups is 4. The van der Waals surface area contributed by atoms with E-state index < -0.39 is 23.2 Å². The molecule has 3 saturated heterocycles. The first-order valence-electron chi connectivity index (χ1n) is 25.5. The summed E-state index contributed by atoms with van der Waals surface area (Å²) >= 11 is 0. The summed E-state index contributed by atoms with van der Waals surface area (Å²) in [5.41, 5.74) is 6.89. The number of anilines is 3. The fourth-order valence-electron chi connectivity index (χ4n) is 12.4. The van der Waals surface area contributed by atoms with Crippen LogP contribution < -0.4 is 26.0 Å². The molecule has 1 unspecified atom stereocenters. The average Bonchev–Trinajstić information content (AvgIpc) is 4.07. The van der Waals surface area contributed by atoms with Crippen LogP contribution in [0.3, 0.4) is 0 Å². The van der Waals surface area contributed by atoms with Gasteiger partial charge in [-0.05, 0) is 124 Å². The summed E-state index contributed by atoms with van der Waals surface area (Å²) in [7, 11) is 3.51. The van der Waals surface area contributed by atoms with Crippen LogP contribution in [0.4, 0.5) is 25.8 Å². The van der Waals surface area contributed by atoms with Crippen molar-refractivity contribution in [3.8, 4) is 5.69 Å². The Morgan fingerprint density at radius 1 is 0.931 bits per heavy atom. The number of benzene rings is 2. The van der Waals surface area contributed by atoms with Crippen LogP contribution in [-0.4, -0.2) is 124 Å². The molecule has 1 spiro atoms. The lowest BCUT2D eigenvalue weighted by molar-refractivity contribution is -0.135. The first kappa shape index (κ1) is 47.6. The Labute approximate surface area is 417 Å². The predicted molar refractivity (Wildman–Crippen MR) is 272 cm³/mol. The molecule has 72 heavy (non-hydrogen) atoms. The molecule has 3 atom stereocenters. The van der Waals surface area contributed by atoms with Crippen LogP contribution in [0.25, 0.3) is 22.3 Å². The van der Waals surface area contributed by atoms with E-state index in [4.69, 9.17) is 0 Å². The molecule has 1 saturated carbocycles. The average molecular weight is 981 g/mol. The van der Waals surface area contributed by atoms with E-state index >= 15 is 4.39 Å². The predicted octanol–water partition coefficient (Wildman–Crippen LogP) is 6.45. The number of amides is 4. The molecule has 4 fully saturated rings. The second-order valence-corrected chi connectivity index (χ2v) is 20.9. The van der Waals surface area contributed by atoms with Crippen molar-refractivity contribution >= 4 is 57.3 Å². The van der Waals surface area contributed by atoms with Gasteiger partial charge in [-0.1, -0.05) is 6.08 Å². The maximum absolute atomic E-state index is 16.2. The molecule has 4 amide bonds. The molecule has 0 radical (unpaired) electrons. The molecule has 0 bridgehead atoms. The molecule has 5 aliphatic heterocycles. The minimum Gasteiger partial charge on any atom is -0.386 e.